The van der Waals surface area contributed by atoms with E-state index in [1.165, 1.54) is 11.3 Å². The number of carbonyl (C=O) groups excluding carboxylic acids is 1. The van der Waals surface area contributed by atoms with Crippen LogP contribution in [-0.2, 0) is 11.3 Å². The van der Waals surface area contributed by atoms with Gasteiger partial charge >= 0.3 is 0 Å². The smallest absolute Gasteiger partial charge is 0.280 e. The number of ether oxygens (including phenoxy) is 1. The summed E-state index contributed by atoms with van der Waals surface area (Å²) in [6.45, 7) is 3.61. The normalized spacial score (nSPS) is 12.1. The molecule has 1 amide bonds. The molecule has 1 aromatic heterocycles. The van der Waals surface area contributed by atoms with E-state index in [2.05, 4.69) is 27.6 Å². The Kier molecular flexibility index (Phi) is 6.74. The van der Waals surface area contributed by atoms with Gasteiger partial charge in [0, 0.05) is 21.7 Å². The first-order chi connectivity index (χ1) is 12.5. The predicted octanol–water partition coefficient (Wildman–Crippen LogP) is 5.39. The summed E-state index contributed by atoms with van der Waals surface area (Å²) in [5.41, 5.74) is 1.39. The van der Waals surface area contributed by atoms with Gasteiger partial charge in [-0.05, 0) is 53.8 Å². The monoisotopic (exact) mass is 520 g/mol. The van der Waals surface area contributed by atoms with Crippen LogP contribution in [0, 0.1) is 3.57 Å². The molecule has 0 N–H and O–H groups in total. The van der Waals surface area contributed by atoms with Crippen LogP contribution in [0.1, 0.15) is 17.3 Å². The third-order valence-corrected chi connectivity index (χ3v) is 6.13. The fraction of sp³-hybridized carbons (Fsp3) is 0.222. The Labute approximate surface area is 178 Å². The minimum atomic E-state index is -0.283. The molecule has 1 heterocycles. The molecule has 0 aliphatic heterocycles. The van der Waals surface area contributed by atoms with E-state index >= 15 is 0 Å². The fourth-order valence-corrected chi connectivity index (χ4v) is 4.96. The average Bonchev–Trinajstić information content (AvgIpc) is 2.92. The molecule has 0 bridgehead atoms. The van der Waals surface area contributed by atoms with Gasteiger partial charge in [-0.25, -0.2) is 0 Å². The second-order valence-corrected chi connectivity index (χ2v) is 8.38. The maximum absolute atomic E-state index is 12.7. The molecule has 3 aromatic rings. The highest BCUT2D eigenvalue weighted by molar-refractivity contribution is 14.1. The molecule has 3 rings (SSSR count). The van der Waals surface area contributed by atoms with E-state index in [0.717, 1.165) is 13.8 Å². The Morgan fingerprint density at radius 2 is 2.08 bits per heavy atom. The Morgan fingerprint density at radius 1 is 1.31 bits per heavy atom. The predicted molar refractivity (Wildman–Crippen MR) is 115 cm³/mol. The number of aromatic nitrogens is 1. The maximum atomic E-state index is 12.7. The number of carbonyl (C=O) groups is 1. The molecule has 0 atom stereocenters. The summed E-state index contributed by atoms with van der Waals surface area (Å²) in [4.78, 5) is 17.6. The summed E-state index contributed by atoms with van der Waals surface area (Å²) in [6.07, 6.45) is 0. The van der Waals surface area contributed by atoms with Crippen LogP contribution in [0.25, 0.3) is 10.2 Å². The molecular weight excluding hydrogens is 506 g/mol. The zero-order valence-electron chi connectivity index (χ0n) is 13.8. The number of amides is 1. The van der Waals surface area contributed by atoms with Gasteiger partial charge in [0.2, 0.25) is 0 Å². The van der Waals surface area contributed by atoms with Crippen molar-refractivity contribution >= 4 is 73.3 Å². The van der Waals surface area contributed by atoms with Crippen LogP contribution in [-0.4, -0.2) is 23.7 Å². The van der Waals surface area contributed by atoms with Crippen LogP contribution in [0.3, 0.4) is 0 Å². The van der Waals surface area contributed by atoms with Crippen LogP contribution in [0.2, 0.25) is 10.0 Å². The molecule has 0 radical (unpaired) electrons. The Hall–Kier alpha value is -0.930. The summed E-state index contributed by atoms with van der Waals surface area (Å²) in [7, 11) is 0. The van der Waals surface area contributed by atoms with E-state index in [1.54, 1.807) is 12.1 Å². The van der Waals surface area contributed by atoms with Gasteiger partial charge in [-0.2, -0.15) is 4.99 Å². The maximum Gasteiger partial charge on any atom is 0.280 e. The molecule has 2 aromatic carbocycles. The molecule has 0 aliphatic rings. The second-order valence-electron chi connectivity index (χ2n) is 5.36. The van der Waals surface area contributed by atoms with E-state index < -0.39 is 0 Å². The highest BCUT2D eigenvalue weighted by Gasteiger charge is 2.14. The number of fused-ring (bicyclic) bond motifs is 1. The number of hydrogen-bond acceptors (Lipinski definition) is 3. The minimum absolute atomic E-state index is 0.283. The molecule has 0 fully saturated rings. The highest BCUT2D eigenvalue weighted by Crippen LogP contribution is 2.29. The first kappa shape index (κ1) is 19.8. The van der Waals surface area contributed by atoms with Gasteiger partial charge in [0.15, 0.2) is 4.80 Å². The third-order valence-electron chi connectivity index (χ3n) is 3.66. The molecule has 0 saturated heterocycles. The summed E-state index contributed by atoms with van der Waals surface area (Å²) >= 11 is 16.1. The van der Waals surface area contributed by atoms with Crippen molar-refractivity contribution in [2.45, 2.75) is 13.5 Å². The molecule has 0 saturated carbocycles. The van der Waals surface area contributed by atoms with Crippen molar-refractivity contribution in [1.29, 1.82) is 0 Å². The first-order valence-electron chi connectivity index (χ1n) is 7.91. The molecular formula is C18H15Cl2IN2O2S. The van der Waals surface area contributed by atoms with Crippen molar-refractivity contribution in [1.82, 2.24) is 4.57 Å². The molecule has 4 nitrogen and oxygen atoms in total. The Morgan fingerprint density at radius 3 is 2.81 bits per heavy atom. The van der Waals surface area contributed by atoms with Gasteiger partial charge in [-0.15, -0.1) is 0 Å². The standard InChI is InChI=1S/C18H15Cl2IN2O2S/c1-2-25-8-7-23-16-13(20)9-11(19)10-15(16)26-18(23)22-17(24)12-5-3-4-6-14(12)21/h3-6,9-10H,2,7-8H2,1H3. The number of nitrogens with zero attached hydrogens (tertiary/aromatic N) is 2. The van der Waals surface area contributed by atoms with Crippen LogP contribution >= 0.6 is 57.1 Å². The zero-order valence-corrected chi connectivity index (χ0v) is 18.3. The van der Waals surface area contributed by atoms with Crippen molar-refractivity contribution in [2.24, 2.45) is 4.99 Å². The highest BCUT2D eigenvalue weighted by atomic mass is 127. The topological polar surface area (TPSA) is 43.6 Å². The third kappa shape index (κ3) is 4.31. The van der Waals surface area contributed by atoms with Crippen LogP contribution < -0.4 is 4.80 Å². The number of hydrogen-bond donors (Lipinski definition) is 0. The van der Waals surface area contributed by atoms with Crippen LogP contribution in [0.5, 0.6) is 0 Å². The molecule has 26 heavy (non-hydrogen) atoms. The fourth-order valence-electron chi connectivity index (χ4n) is 2.50. The molecule has 0 spiro atoms. The summed E-state index contributed by atoms with van der Waals surface area (Å²) in [5, 5.41) is 1.08. The van der Waals surface area contributed by atoms with Crippen molar-refractivity contribution in [3.05, 3.63) is 60.4 Å². The van der Waals surface area contributed by atoms with Crippen LogP contribution in [0.15, 0.2) is 41.4 Å². The lowest BCUT2D eigenvalue weighted by atomic mass is 10.2. The number of rotatable bonds is 5. The lowest BCUT2D eigenvalue weighted by molar-refractivity contribution is 0.0996. The second kappa shape index (κ2) is 8.84. The van der Waals surface area contributed by atoms with Gasteiger partial charge in [0.05, 0.1) is 27.4 Å². The number of halogens is 3. The van der Waals surface area contributed by atoms with Crippen molar-refractivity contribution in [3.8, 4) is 0 Å². The van der Waals surface area contributed by atoms with Gasteiger partial charge in [-0.3, -0.25) is 4.79 Å². The summed E-state index contributed by atoms with van der Waals surface area (Å²) in [6, 6.07) is 10.9. The summed E-state index contributed by atoms with van der Waals surface area (Å²) < 4.78 is 9.13. The first-order valence-corrected chi connectivity index (χ1v) is 10.6. The van der Waals surface area contributed by atoms with Crippen molar-refractivity contribution in [3.63, 3.8) is 0 Å². The lowest BCUT2D eigenvalue weighted by Crippen LogP contribution is -2.20. The van der Waals surface area contributed by atoms with Crippen molar-refractivity contribution in [2.75, 3.05) is 13.2 Å². The van der Waals surface area contributed by atoms with Crippen LogP contribution in [0.4, 0.5) is 0 Å². The molecule has 8 heteroatoms. The largest absolute Gasteiger partial charge is 0.380 e. The minimum Gasteiger partial charge on any atom is -0.380 e. The zero-order chi connectivity index (χ0) is 18.7. The quantitative estimate of drug-likeness (QED) is 0.334. The van der Waals surface area contributed by atoms with Gasteiger partial charge < -0.3 is 9.30 Å². The summed E-state index contributed by atoms with van der Waals surface area (Å²) in [5.74, 6) is -0.283. The molecule has 136 valence electrons. The molecule has 0 unspecified atom stereocenters. The van der Waals surface area contributed by atoms with Gasteiger partial charge in [0.1, 0.15) is 0 Å². The van der Waals surface area contributed by atoms with Gasteiger partial charge in [0.25, 0.3) is 5.91 Å². The Bertz CT molecular complexity index is 1030. The van der Waals surface area contributed by atoms with E-state index in [4.69, 9.17) is 27.9 Å². The lowest BCUT2D eigenvalue weighted by Gasteiger charge is -2.07. The number of benzene rings is 2. The SMILES string of the molecule is CCOCCn1c(=NC(=O)c2ccccc2I)sc2cc(Cl)cc(Cl)c21. The van der Waals surface area contributed by atoms with E-state index in [-0.39, 0.29) is 5.91 Å². The van der Waals surface area contributed by atoms with E-state index in [9.17, 15) is 4.79 Å². The van der Waals surface area contributed by atoms with E-state index in [1.807, 2.05) is 35.8 Å². The van der Waals surface area contributed by atoms with Gasteiger partial charge in [-0.1, -0.05) is 46.7 Å². The number of thiazole rings is 1. The Balaban J connectivity index is 2.14. The average molecular weight is 521 g/mol. The van der Waals surface area contributed by atoms with E-state index in [0.29, 0.717) is 40.2 Å². The van der Waals surface area contributed by atoms with Crippen molar-refractivity contribution < 1.29 is 9.53 Å². The molecule has 0 aliphatic carbocycles.